The summed E-state index contributed by atoms with van der Waals surface area (Å²) in [5, 5.41) is 0. The van der Waals surface area contributed by atoms with Gasteiger partial charge in [0.25, 0.3) is 0 Å². The zero-order valence-corrected chi connectivity index (χ0v) is 20.3. The minimum absolute atomic E-state index is 0.0735. The van der Waals surface area contributed by atoms with Gasteiger partial charge in [0.1, 0.15) is 0 Å². The van der Waals surface area contributed by atoms with E-state index in [0.717, 1.165) is 51.4 Å². The summed E-state index contributed by atoms with van der Waals surface area (Å²) in [4.78, 5) is -2.89. The Morgan fingerprint density at radius 3 is 1.74 bits per heavy atom. The smallest absolute Gasteiger partial charge is 0.282 e. The molecule has 0 bridgehead atoms. The molecule has 3 nitrogen and oxygen atoms in total. The highest BCUT2D eigenvalue weighted by atomic mass is 32.2. The Morgan fingerprint density at radius 2 is 1.29 bits per heavy atom. The van der Waals surface area contributed by atoms with E-state index in [4.69, 9.17) is 4.55 Å². The van der Waals surface area contributed by atoms with Crippen LogP contribution in [0.2, 0.25) is 0 Å². The van der Waals surface area contributed by atoms with Crippen molar-refractivity contribution < 1.29 is 30.5 Å². The quantitative estimate of drug-likeness (QED) is 0.0965. The fraction of sp³-hybridized carbons (Fsp3) is 0.727. The van der Waals surface area contributed by atoms with Gasteiger partial charge < -0.3 is 0 Å². The van der Waals surface area contributed by atoms with Crippen molar-refractivity contribution >= 4 is 21.9 Å². The summed E-state index contributed by atoms with van der Waals surface area (Å²) in [6, 6.07) is 0. The minimum atomic E-state index is -5.45. The van der Waals surface area contributed by atoms with Gasteiger partial charge in [0.15, 0.2) is 28.2 Å². The highest BCUT2D eigenvalue weighted by Crippen LogP contribution is 2.38. The molecule has 0 saturated heterocycles. The van der Waals surface area contributed by atoms with E-state index in [0.29, 0.717) is 11.8 Å². The maximum Gasteiger partial charge on any atom is 0.300 e. The van der Waals surface area contributed by atoms with Crippen molar-refractivity contribution in [1.29, 1.82) is 0 Å². The van der Waals surface area contributed by atoms with E-state index in [2.05, 4.69) is 27.7 Å². The molecule has 1 aromatic carbocycles. The standard InChI is InChI=1S/C22H34F4O3S2/c1-5-7-9-10-12-15(4)16(14(3)11-8-6-2)13-30-21-17(23)19(25)22(31(27,28)29)20(26)18(21)24/h14-16H,5-13H2,1-4H3,(H,27,28,29). The summed E-state index contributed by atoms with van der Waals surface area (Å²) in [7, 11) is -5.45. The molecule has 180 valence electrons. The first-order valence-electron chi connectivity index (χ1n) is 10.9. The third-order valence-electron chi connectivity index (χ3n) is 5.85. The summed E-state index contributed by atoms with van der Waals surface area (Å²) in [5.74, 6) is -6.97. The Kier molecular flexibility index (Phi) is 11.9. The van der Waals surface area contributed by atoms with Crippen molar-refractivity contribution in [3.05, 3.63) is 23.3 Å². The van der Waals surface area contributed by atoms with Crippen LogP contribution in [0.5, 0.6) is 0 Å². The zero-order valence-electron chi connectivity index (χ0n) is 18.7. The summed E-state index contributed by atoms with van der Waals surface area (Å²) >= 11 is 0.657. The monoisotopic (exact) mass is 486 g/mol. The molecule has 1 N–H and O–H groups in total. The molecule has 0 aliphatic carbocycles. The van der Waals surface area contributed by atoms with Crippen LogP contribution in [0, 0.1) is 41.0 Å². The van der Waals surface area contributed by atoms with Gasteiger partial charge in [-0.2, -0.15) is 8.42 Å². The van der Waals surface area contributed by atoms with Crippen LogP contribution in [0.3, 0.4) is 0 Å². The van der Waals surface area contributed by atoms with E-state index in [-0.39, 0.29) is 23.5 Å². The Balaban J connectivity index is 3.11. The Bertz CT molecular complexity index is 786. The molecule has 0 heterocycles. The number of thioether (sulfide) groups is 1. The van der Waals surface area contributed by atoms with E-state index in [9.17, 15) is 26.0 Å². The SMILES string of the molecule is CCCCCCC(C)C(CSc1c(F)c(F)c(S(=O)(=O)O)c(F)c1F)C(C)CCCC. The van der Waals surface area contributed by atoms with Crippen LogP contribution in [0.4, 0.5) is 17.6 Å². The molecule has 0 spiro atoms. The zero-order chi connectivity index (χ0) is 23.8. The van der Waals surface area contributed by atoms with Crippen molar-refractivity contribution in [3.63, 3.8) is 0 Å². The van der Waals surface area contributed by atoms with Gasteiger partial charge in [-0.1, -0.05) is 79.1 Å². The number of halogens is 4. The average molecular weight is 487 g/mol. The molecule has 1 rings (SSSR count). The number of rotatable bonds is 14. The molecule has 31 heavy (non-hydrogen) atoms. The lowest BCUT2D eigenvalue weighted by molar-refractivity contribution is 0.250. The first kappa shape index (κ1) is 28.2. The topological polar surface area (TPSA) is 54.4 Å². The maximum atomic E-state index is 14.4. The highest BCUT2D eigenvalue weighted by Gasteiger charge is 2.33. The second-order valence-electron chi connectivity index (χ2n) is 8.31. The molecular weight excluding hydrogens is 452 g/mol. The molecule has 0 fully saturated rings. The van der Waals surface area contributed by atoms with Gasteiger partial charge in [0, 0.05) is 5.75 Å². The van der Waals surface area contributed by atoms with Crippen molar-refractivity contribution in [3.8, 4) is 0 Å². The van der Waals surface area contributed by atoms with E-state index in [1.165, 1.54) is 0 Å². The second kappa shape index (κ2) is 13.0. The molecule has 1 aromatic rings. The Morgan fingerprint density at radius 1 is 0.806 bits per heavy atom. The number of hydrogen-bond acceptors (Lipinski definition) is 3. The predicted molar refractivity (Wildman–Crippen MR) is 117 cm³/mol. The van der Waals surface area contributed by atoms with Crippen molar-refractivity contribution in [2.24, 2.45) is 17.8 Å². The molecule has 0 radical (unpaired) electrons. The lowest BCUT2D eigenvalue weighted by atomic mass is 9.80. The van der Waals surface area contributed by atoms with Gasteiger partial charge in [0.2, 0.25) is 0 Å². The summed E-state index contributed by atoms with van der Waals surface area (Å²) < 4.78 is 88.2. The van der Waals surface area contributed by atoms with Gasteiger partial charge in [-0.3, -0.25) is 4.55 Å². The van der Waals surface area contributed by atoms with E-state index < -0.39 is 43.2 Å². The average Bonchev–Trinajstić information content (AvgIpc) is 2.69. The van der Waals surface area contributed by atoms with Crippen molar-refractivity contribution in [1.82, 2.24) is 0 Å². The van der Waals surface area contributed by atoms with E-state index >= 15 is 0 Å². The van der Waals surface area contributed by atoms with Crippen LogP contribution in [0.15, 0.2) is 9.79 Å². The van der Waals surface area contributed by atoms with Gasteiger partial charge in [0.05, 0.1) is 4.90 Å². The lowest BCUT2D eigenvalue weighted by Crippen LogP contribution is -2.23. The molecule has 0 saturated carbocycles. The molecule has 0 aromatic heterocycles. The second-order valence-corrected chi connectivity index (χ2v) is 10.7. The largest absolute Gasteiger partial charge is 0.300 e. The van der Waals surface area contributed by atoms with Crippen LogP contribution in [0.25, 0.3) is 0 Å². The predicted octanol–water partition coefficient (Wildman–Crippen LogP) is 7.63. The minimum Gasteiger partial charge on any atom is -0.282 e. The Hall–Kier alpha value is -0.800. The molecular formula is C22H34F4O3S2. The summed E-state index contributed by atoms with van der Waals surface area (Å²) in [5.41, 5.74) is 0. The van der Waals surface area contributed by atoms with Crippen molar-refractivity contribution in [2.45, 2.75) is 88.9 Å². The summed E-state index contributed by atoms with van der Waals surface area (Å²) in [6.45, 7) is 8.38. The molecule has 3 atom stereocenters. The van der Waals surface area contributed by atoms with Crippen LogP contribution >= 0.6 is 11.8 Å². The fourth-order valence-corrected chi connectivity index (χ4v) is 5.94. The van der Waals surface area contributed by atoms with Gasteiger partial charge in [-0.15, -0.1) is 11.8 Å². The maximum absolute atomic E-state index is 14.4. The van der Waals surface area contributed by atoms with Crippen molar-refractivity contribution in [2.75, 3.05) is 5.75 Å². The van der Waals surface area contributed by atoms with E-state index in [1.807, 2.05) is 0 Å². The van der Waals surface area contributed by atoms with Gasteiger partial charge >= 0.3 is 10.1 Å². The third-order valence-corrected chi connectivity index (χ3v) is 7.92. The first-order valence-corrected chi connectivity index (χ1v) is 13.4. The molecule has 0 amide bonds. The number of hydrogen-bond donors (Lipinski definition) is 1. The normalized spacial score (nSPS) is 15.1. The van der Waals surface area contributed by atoms with Crippen LogP contribution in [-0.4, -0.2) is 18.7 Å². The molecule has 0 aliphatic heterocycles. The first-order chi connectivity index (χ1) is 14.5. The molecule has 3 unspecified atom stereocenters. The van der Waals surface area contributed by atoms with E-state index in [1.54, 1.807) is 0 Å². The fourth-order valence-electron chi connectivity index (χ4n) is 3.86. The summed E-state index contributed by atoms with van der Waals surface area (Å²) in [6.07, 6.45) is 8.36. The highest BCUT2D eigenvalue weighted by molar-refractivity contribution is 7.99. The van der Waals surface area contributed by atoms with Gasteiger partial charge in [-0.25, -0.2) is 17.6 Å². The lowest BCUT2D eigenvalue weighted by Gasteiger charge is -2.30. The number of unbranched alkanes of at least 4 members (excludes halogenated alkanes) is 4. The van der Waals surface area contributed by atoms with Gasteiger partial charge in [-0.05, 0) is 17.8 Å². The third kappa shape index (κ3) is 7.93. The number of benzene rings is 1. The van der Waals surface area contributed by atoms with Crippen LogP contribution < -0.4 is 0 Å². The molecule has 9 heteroatoms. The van der Waals surface area contributed by atoms with Crippen LogP contribution in [0.1, 0.15) is 79.1 Å². The van der Waals surface area contributed by atoms with Crippen LogP contribution in [-0.2, 0) is 10.1 Å². The molecule has 0 aliphatic rings. The Labute approximate surface area is 188 Å².